The molecule has 1 saturated heterocycles. The van der Waals surface area contributed by atoms with E-state index in [1.165, 1.54) is 16.7 Å². The van der Waals surface area contributed by atoms with Crippen molar-refractivity contribution in [1.82, 2.24) is 15.1 Å². The van der Waals surface area contributed by atoms with Crippen LogP contribution in [0.15, 0.2) is 54.6 Å². The fraction of sp³-hybridized carbons (Fsp3) is 0.435. The highest BCUT2D eigenvalue weighted by atomic mass is 16.2. The number of nitrogens with zero attached hydrogens (tertiary/aromatic N) is 2. The molecular formula is C23H31N3O. The van der Waals surface area contributed by atoms with Gasteiger partial charge >= 0.3 is 0 Å². The number of nitrogens with one attached hydrogen (secondary N) is 1. The Balaban J connectivity index is 1.45. The summed E-state index contributed by atoms with van der Waals surface area (Å²) < 4.78 is 0. The van der Waals surface area contributed by atoms with Crippen LogP contribution in [0.1, 0.15) is 25.3 Å². The molecule has 1 amide bonds. The molecule has 1 aliphatic rings. The van der Waals surface area contributed by atoms with Gasteiger partial charge in [0, 0.05) is 25.7 Å². The normalized spacial score (nSPS) is 15.8. The van der Waals surface area contributed by atoms with Gasteiger partial charge in [-0.15, -0.1) is 0 Å². The molecule has 27 heavy (non-hydrogen) atoms. The Morgan fingerprint density at radius 2 is 1.67 bits per heavy atom. The first-order valence-electron chi connectivity index (χ1n) is 9.98. The van der Waals surface area contributed by atoms with E-state index in [4.69, 9.17) is 0 Å². The number of hydrogen-bond acceptors (Lipinski definition) is 3. The molecule has 3 rings (SSSR count). The number of benzene rings is 2. The summed E-state index contributed by atoms with van der Waals surface area (Å²) in [5.41, 5.74) is 3.67. The third kappa shape index (κ3) is 5.91. The Morgan fingerprint density at radius 3 is 2.30 bits per heavy atom. The van der Waals surface area contributed by atoms with Crippen molar-refractivity contribution in [3.8, 4) is 11.1 Å². The number of likely N-dealkylation sites (N-methyl/N-ethyl adjacent to an activating group) is 1. The van der Waals surface area contributed by atoms with Gasteiger partial charge in [-0.3, -0.25) is 9.69 Å². The van der Waals surface area contributed by atoms with Crippen LogP contribution >= 0.6 is 0 Å². The van der Waals surface area contributed by atoms with Gasteiger partial charge in [-0.1, -0.05) is 61.5 Å². The first kappa shape index (κ1) is 19.6. The van der Waals surface area contributed by atoms with Crippen molar-refractivity contribution < 1.29 is 4.79 Å². The monoisotopic (exact) mass is 365 g/mol. The lowest BCUT2D eigenvalue weighted by Crippen LogP contribution is -2.46. The average Bonchev–Trinajstić information content (AvgIpc) is 2.69. The van der Waals surface area contributed by atoms with Gasteiger partial charge in [-0.2, -0.15) is 0 Å². The lowest BCUT2D eigenvalue weighted by molar-refractivity contribution is -0.123. The fourth-order valence-corrected chi connectivity index (χ4v) is 3.71. The van der Waals surface area contributed by atoms with Crippen LogP contribution in [0.4, 0.5) is 0 Å². The molecule has 4 nitrogen and oxygen atoms in total. The number of carbonyl (C=O) groups excluding carboxylic acids is 1. The smallest absolute Gasteiger partial charge is 0.234 e. The van der Waals surface area contributed by atoms with Crippen molar-refractivity contribution in [1.29, 1.82) is 0 Å². The molecule has 1 heterocycles. The van der Waals surface area contributed by atoms with Crippen LogP contribution in [0.5, 0.6) is 0 Å². The summed E-state index contributed by atoms with van der Waals surface area (Å²) in [6.45, 7) is 6.69. The number of carbonyl (C=O) groups is 1. The van der Waals surface area contributed by atoms with E-state index >= 15 is 0 Å². The van der Waals surface area contributed by atoms with Crippen LogP contribution in [0.25, 0.3) is 11.1 Å². The van der Waals surface area contributed by atoms with Gasteiger partial charge in [-0.05, 0) is 43.1 Å². The van der Waals surface area contributed by atoms with Gasteiger partial charge in [0.15, 0.2) is 0 Å². The summed E-state index contributed by atoms with van der Waals surface area (Å²) in [7, 11) is 2.00. The predicted molar refractivity (Wildman–Crippen MR) is 111 cm³/mol. The Morgan fingerprint density at radius 1 is 1.04 bits per heavy atom. The van der Waals surface area contributed by atoms with Gasteiger partial charge in [-0.25, -0.2) is 0 Å². The van der Waals surface area contributed by atoms with Gasteiger partial charge in [0.1, 0.15) is 0 Å². The second-order valence-electron chi connectivity index (χ2n) is 7.51. The third-order valence-corrected chi connectivity index (χ3v) is 5.33. The maximum Gasteiger partial charge on any atom is 0.234 e. The Hall–Kier alpha value is -2.17. The summed E-state index contributed by atoms with van der Waals surface area (Å²) in [4.78, 5) is 16.9. The minimum absolute atomic E-state index is 0.133. The summed E-state index contributed by atoms with van der Waals surface area (Å²) in [6, 6.07) is 19.3. The maximum atomic E-state index is 12.3. The minimum Gasteiger partial charge on any atom is -0.352 e. The van der Waals surface area contributed by atoms with Crippen molar-refractivity contribution in [3.63, 3.8) is 0 Å². The molecule has 0 aliphatic carbocycles. The van der Waals surface area contributed by atoms with Crippen molar-refractivity contribution in [2.75, 3.05) is 33.2 Å². The second-order valence-corrected chi connectivity index (χ2v) is 7.51. The highest BCUT2D eigenvalue weighted by Gasteiger charge is 2.20. The van der Waals surface area contributed by atoms with E-state index < -0.39 is 0 Å². The zero-order chi connectivity index (χ0) is 19.1. The number of piperidine rings is 1. The van der Waals surface area contributed by atoms with Crippen LogP contribution in [0.2, 0.25) is 0 Å². The van der Waals surface area contributed by atoms with Crippen LogP contribution in [0.3, 0.4) is 0 Å². The zero-order valence-electron chi connectivity index (χ0n) is 16.5. The molecule has 1 aliphatic heterocycles. The summed E-state index contributed by atoms with van der Waals surface area (Å²) in [5, 5.41) is 3.20. The average molecular weight is 366 g/mol. The van der Waals surface area contributed by atoms with Gasteiger partial charge in [0.25, 0.3) is 0 Å². The van der Waals surface area contributed by atoms with Crippen molar-refractivity contribution >= 4 is 5.91 Å². The standard InChI is InChI=1S/C23H31N3O/c1-3-26-15-13-22(14-16-26)24-23(27)18-25(2)17-19-9-11-21(12-10-19)20-7-5-4-6-8-20/h4-12,22H,3,13-18H2,1-2H3,(H,24,27). The van der Waals surface area contributed by atoms with Gasteiger partial charge < -0.3 is 10.2 Å². The Labute approximate surface area is 163 Å². The van der Waals surface area contributed by atoms with E-state index in [0.717, 1.165) is 39.0 Å². The van der Waals surface area contributed by atoms with E-state index in [2.05, 4.69) is 70.6 Å². The molecule has 4 heteroatoms. The van der Waals surface area contributed by atoms with Crippen molar-refractivity contribution in [3.05, 3.63) is 60.2 Å². The third-order valence-electron chi connectivity index (χ3n) is 5.33. The molecular weight excluding hydrogens is 334 g/mol. The number of hydrogen-bond donors (Lipinski definition) is 1. The van der Waals surface area contributed by atoms with E-state index in [1.807, 2.05) is 13.1 Å². The second kappa shape index (κ2) is 9.67. The number of likely N-dealkylation sites (tertiary alicyclic amines) is 1. The topological polar surface area (TPSA) is 35.6 Å². The SMILES string of the molecule is CCN1CCC(NC(=O)CN(C)Cc2ccc(-c3ccccc3)cc2)CC1. The molecule has 1 N–H and O–H groups in total. The molecule has 0 aromatic heterocycles. The van der Waals surface area contributed by atoms with Crippen LogP contribution < -0.4 is 5.32 Å². The zero-order valence-corrected chi connectivity index (χ0v) is 16.5. The van der Waals surface area contributed by atoms with Crippen LogP contribution in [0, 0.1) is 0 Å². The highest BCUT2D eigenvalue weighted by Crippen LogP contribution is 2.19. The summed E-state index contributed by atoms with van der Waals surface area (Å²) >= 11 is 0. The predicted octanol–water partition coefficient (Wildman–Crippen LogP) is 3.39. The summed E-state index contributed by atoms with van der Waals surface area (Å²) in [5.74, 6) is 0.133. The molecule has 0 saturated carbocycles. The number of amides is 1. The highest BCUT2D eigenvalue weighted by molar-refractivity contribution is 5.78. The quantitative estimate of drug-likeness (QED) is 0.817. The van der Waals surface area contributed by atoms with Crippen molar-refractivity contribution in [2.45, 2.75) is 32.4 Å². The van der Waals surface area contributed by atoms with Crippen LogP contribution in [-0.2, 0) is 11.3 Å². The van der Waals surface area contributed by atoms with E-state index in [1.54, 1.807) is 0 Å². The molecule has 144 valence electrons. The molecule has 0 bridgehead atoms. The Kier molecular flexibility index (Phi) is 7.02. The lowest BCUT2D eigenvalue weighted by Gasteiger charge is -2.31. The fourth-order valence-electron chi connectivity index (χ4n) is 3.71. The molecule has 2 aromatic carbocycles. The van der Waals surface area contributed by atoms with Gasteiger partial charge in [0.2, 0.25) is 5.91 Å². The van der Waals surface area contributed by atoms with E-state index in [0.29, 0.717) is 12.6 Å². The molecule has 1 fully saturated rings. The Bertz CT molecular complexity index is 706. The lowest BCUT2D eigenvalue weighted by atomic mass is 10.0. The van der Waals surface area contributed by atoms with Gasteiger partial charge in [0.05, 0.1) is 6.54 Å². The van der Waals surface area contributed by atoms with Crippen LogP contribution in [-0.4, -0.2) is 55.0 Å². The maximum absolute atomic E-state index is 12.3. The van der Waals surface area contributed by atoms with E-state index in [-0.39, 0.29) is 5.91 Å². The summed E-state index contributed by atoms with van der Waals surface area (Å²) in [6.07, 6.45) is 2.12. The largest absolute Gasteiger partial charge is 0.352 e. The molecule has 0 spiro atoms. The molecule has 0 atom stereocenters. The van der Waals surface area contributed by atoms with Crippen molar-refractivity contribution in [2.24, 2.45) is 0 Å². The minimum atomic E-state index is 0.133. The first-order valence-corrected chi connectivity index (χ1v) is 9.98. The molecule has 0 unspecified atom stereocenters. The van der Waals surface area contributed by atoms with E-state index in [9.17, 15) is 4.79 Å². The molecule has 0 radical (unpaired) electrons. The molecule has 2 aromatic rings. The number of rotatable bonds is 7. The first-order chi connectivity index (χ1) is 13.1.